The van der Waals surface area contributed by atoms with Crippen molar-refractivity contribution in [3.8, 4) is 5.75 Å². The number of nitrogens with two attached hydrogens (primary N) is 1. The Morgan fingerprint density at radius 2 is 1.90 bits per heavy atom. The minimum atomic E-state index is 0.228. The van der Waals surface area contributed by atoms with E-state index in [0.717, 1.165) is 23.3 Å². The zero-order valence-electron chi connectivity index (χ0n) is 12.2. The highest BCUT2D eigenvalue weighted by atomic mass is 79.9. The van der Waals surface area contributed by atoms with Crippen molar-refractivity contribution < 1.29 is 14.7 Å². The van der Waals surface area contributed by atoms with Gasteiger partial charge in [-0.25, -0.2) is 0 Å². The minimum Gasteiger partial charge on any atom is -0.492 e. The fourth-order valence-electron chi connectivity index (χ4n) is 1.70. The predicted molar refractivity (Wildman–Crippen MR) is 86.0 cm³/mol. The molecule has 1 aromatic carbocycles. The number of ether oxygens (including phenoxy) is 2. The number of benzene rings is 1. The quantitative estimate of drug-likeness (QED) is 0.288. The number of halogens is 1. The average molecular weight is 360 g/mol. The summed E-state index contributed by atoms with van der Waals surface area (Å²) >= 11 is 3.39. The molecule has 0 unspecified atom stereocenters. The second kappa shape index (κ2) is 10.4. The fourth-order valence-corrected chi connectivity index (χ4v) is 1.97. The molecule has 0 bridgehead atoms. The summed E-state index contributed by atoms with van der Waals surface area (Å²) in [6.07, 6.45) is 0.512. The van der Waals surface area contributed by atoms with Crippen LogP contribution in [0.15, 0.2) is 33.9 Å². The Bertz CT molecular complexity index is 426. The van der Waals surface area contributed by atoms with Gasteiger partial charge in [0.15, 0.2) is 0 Å². The lowest BCUT2D eigenvalue weighted by atomic mass is 10.3. The van der Waals surface area contributed by atoms with Crippen LogP contribution in [0.5, 0.6) is 5.75 Å². The Hall–Kier alpha value is -1.31. The molecule has 0 aromatic heterocycles. The van der Waals surface area contributed by atoms with Crippen LogP contribution in [0.3, 0.4) is 0 Å². The van der Waals surface area contributed by atoms with Gasteiger partial charge >= 0.3 is 0 Å². The molecule has 7 heteroatoms. The van der Waals surface area contributed by atoms with E-state index in [1.54, 1.807) is 7.11 Å². The van der Waals surface area contributed by atoms with Crippen LogP contribution in [0.2, 0.25) is 0 Å². The van der Waals surface area contributed by atoms with Crippen LogP contribution in [-0.2, 0) is 4.74 Å². The Kier molecular flexibility index (Phi) is 8.80. The lowest BCUT2D eigenvalue weighted by molar-refractivity contribution is 0.136. The van der Waals surface area contributed by atoms with Crippen LogP contribution in [0.4, 0.5) is 0 Å². The van der Waals surface area contributed by atoms with Crippen molar-refractivity contribution in [2.45, 2.75) is 6.42 Å². The van der Waals surface area contributed by atoms with Crippen molar-refractivity contribution in [3.63, 3.8) is 0 Å². The summed E-state index contributed by atoms with van der Waals surface area (Å²) in [5.41, 5.74) is 5.49. The average Bonchev–Trinajstić information content (AvgIpc) is 2.50. The first-order valence-corrected chi connectivity index (χ1v) is 7.51. The molecule has 0 aliphatic heterocycles. The summed E-state index contributed by atoms with van der Waals surface area (Å²) in [6.45, 7) is 3.43. The third-order valence-electron chi connectivity index (χ3n) is 2.91. The number of methoxy groups -OCH3 is 1. The predicted octanol–water partition coefficient (Wildman–Crippen LogP) is 1.91. The Balaban J connectivity index is 2.35. The number of rotatable bonds is 10. The number of oxime groups is 1. The highest BCUT2D eigenvalue weighted by Crippen LogP contribution is 2.15. The maximum absolute atomic E-state index is 8.56. The van der Waals surface area contributed by atoms with Gasteiger partial charge in [0.25, 0.3) is 0 Å². The van der Waals surface area contributed by atoms with Gasteiger partial charge in [0, 0.05) is 37.6 Å². The fraction of sp³-hybridized carbons (Fsp3) is 0.500. The molecule has 0 fully saturated rings. The summed E-state index contributed by atoms with van der Waals surface area (Å²) in [5.74, 6) is 1.06. The smallest absolute Gasteiger partial charge is 0.140 e. The minimum absolute atomic E-state index is 0.228. The normalized spacial score (nSPS) is 11.9. The summed E-state index contributed by atoms with van der Waals surface area (Å²) in [4.78, 5) is 2.15. The molecule has 0 aliphatic carbocycles. The van der Waals surface area contributed by atoms with Gasteiger partial charge in [0.1, 0.15) is 18.2 Å². The monoisotopic (exact) mass is 359 g/mol. The van der Waals surface area contributed by atoms with E-state index in [1.807, 2.05) is 24.3 Å². The van der Waals surface area contributed by atoms with Crippen molar-refractivity contribution in [1.29, 1.82) is 0 Å². The lowest BCUT2D eigenvalue weighted by Crippen LogP contribution is -2.34. The maximum atomic E-state index is 8.56. The standard InChI is InChI=1S/C14H22BrN3O3/c1-20-10-8-18(7-6-14(16)17-19)9-11-21-13-4-2-12(15)3-5-13/h2-5,19H,6-11H2,1H3,(H2,16,17). The maximum Gasteiger partial charge on any atom is 0.140 e. The van der Waals surface area contributed by atoms with Gasteiger partial charge in [-0.3, -0.25) is 4.90 Å². The molecule has 1 rings (SSSR count). The summed E-state index contributed by atoms with van der Waals surface area (Å²) in [5, 5.41) is 11.5. The van der Waals surface area contributed by atoms with Crippen molar-refractivity contribution in [1.82, 2.24) is 4.90 Å². The van der Waals surface area contributed by atoms with Gasteiger partial charge in [-0.2, -0.15) is 0 Å². The molecular weight excluding hydrogens is 338 g/mol. The lowest BCUT2D eigenvalue weighted by Gasteiger charge is -2.21. The number of nitrogens with zero attached hydrogens (tertiary/aromatic N) is 2. The van der Waals surface area contributed by atoms with E-state index >= 15 is 0 Å². The third kappa shape index (κ3) is 7.89. The molecule has 0 atom stereocenters. The molecule has 6 nitrogen and oxygen atoms in total. The summed E-state index contributed by atoms with van der Waals surface area (Å²) in [7, 11) is 1.67. The molecule has 1 aromatic rings. The molecule has 0 heterocycles. The van der Waals surface area contributed by atoms with E-state index in [4.69, 9.17) is 20.4 Å². The van der Waals surface area contributed by atoms with Crippen LogP contribution in [0.25, 0.3) is 0 Å². The Labute approximate surface area is 133 Å². The van der Waals surface area contributed by atoms with Gasteiger partial charge in [-0.05, 0) is 24.3 Å². The Morgan fingerprint density at radius 1 is 1.24 bits per heavy atom. The van der Waals surface area contributed by atoms with Gasteiger partial charge in [-0.1, -0.05) is 21.1 Å². The van der Waals surface area contributed by atoms with E-state index in [9.17, 15) is 0 Å². The SMILES string of the molecule is COCCN(CCOc1ccc(Br)cc1)CCC(N)=NO. The molecule has 0 amide bonds. The number of amidine groups is 1. The van der Waals surface area contributed by atoms with Crippen LogP contribution >= 0.6 is 15.9 Å². The van der Waals surface area contributed by atoms with Crippen molar-refractivity contribution in [2.24, 2.45) is 10.9 Å². The molecular formula is C14H22BrN3O3. The topological polar surface area (TPSA) is 80.3 Å². The van der Waals surface area contributed by atoms with Crippen molar-refractivity contribution >= 4 is 21.8 Å². The van der Waals surface area contributed by atoms with Crippen LogP contribution in [-0.4, -0.2) is 55.9 Å². The first-order chi connectivity index (χ1) is 10.2. The first kappa shape index (κ1) is 17.7. The second-order valence-electron chi connectivity index (χ2n) is 4.48. The summed E-state index contributed by atoms with van der Waals surface area (Å²) < 4.78 is 11.8. The van der Waals surface area contributed by atoms with E-state index in [2.05, 4.69) is 26.0 Å². The van der Waals surface area contributed by atoms with Gasteiger partial charge in [0.2, 0.25) is 0 Å². The molecule has 21 heavy (non-hydrogen) atoms. The number of hydrogen-bond acceptors (Lipinski definition) is 5. The Morgan fingerprint density at radius 3 is 2.52 bits per heavy atom. The number of hydrogen-bond donors (Lipinski definition) is 2. The van der Waals surface area contributed by atoms with Crippen LogP contribution < -0.4 is 10.5 Å². The second-order valence-corrected chi connectivity index (χ2v) is 5.39. The van der Waals surface area contributed by atoms with Gasteiger partial charge < -0.3 is 20.4 Å². The molecule has 0 spiro atoms. The zero-order valence-corrected chi connectivity index (χ0v) is 13.8. The molecule has 0 radical (unpaired) electrons. The third-order valence-corrected chi connectivity index (χ3v) is 3.44. The van der Waals surface area contributed by atoms with Gasteiger partial charge in [0.05, 0.1) is 6.61 Å². The molecule has 0 saturated heterocycles. The van der Waals surface area contributed by atoms with Gasteiger partial charge in [-0.15, -0.1) is 0 Å². The molecule has 0 saturated carbocycles. The van der Waals surface area contributed by atoms with Crippen molar-refractivity contribution in [2.75, 3.05) is 40.0 Å². The van der Waals surface area contributed by atoms with E-state index < -0.39 is 0 Å². The largest absolute Gasteiger partial charge is 0.492 e. The highest BCUT2D eigenvalue weighted by Gasteiger charge is 2.06. The van der Waals surface area contributed by atoms with E-state index in [1.165, 1.54) is 0 Å². The van der Waals surface area contributed by atoms with Crippen LogP contribution in [0, 0.1) is 0 Å². The molecule has 3 N–H and O–H groups in total. The van der Waals surface area contributed by atoms with E-state index in [0.29, 0.717) is 26.2 Å². The van der Waals surface area contributed by atoms with E-state index in [-0.39, 0.29) is 5.84 Å². The van der Waals surface area contributed by atoms with Crippen molar-refractivity contribution in [3.05, 3.63) is 28.7 Å². The zero-order chi connectivity index (χ0) is 15.5. The molecule has 118 valence electrons. The van der Waals surface area contributed by atoms with Crippen LogP contribution in [0.1, 0.15) is 6.42 Å². The first-order valence-electron chi connectivity index (χ1n) is 6.71. The molecule has 0 aliphatic rings. The summed E-state index contributed by atoms with van der Waals surface area (Å²) in [6, 6.07) is 7.72. The highest BCUT2D eigenvalue weighted by molar-refractivity contribution is 9.10.